The number of nitrogens with zero attached hydrogens (tertiary/aromatic N) is 4. The van der Waals surface area contributed by atoms with Crippen LogP contribution >= 0.6 is 0 Å². The minimum Gasteiger partial charge on any atom is -0.466 e. The molecule has 2 aliphatic rings. The van der Waals surface area contributed by atoms with E-state index in [2.05, 4.69) is 9.88 Å². The number of hydrogen-bond donors (Lipinski definition) is 1. The van der Waals surface area contributed by atoms with Crippen LogP contribution in [0.3, 0.4) is 0 Å². The third-order valence-electron chi connectivity index (χ3n) is 4.85. The molecule has 0 spiro atoms. The monoisotopic (exact) mass is 338 g/mol. The summed E-state index contributed by atoms with van der Waals surface area (Å²) in [6.07, 6.45) is 4.64. The third kappa shape index (κ3) is 3.41. The van der Waals surface area contributed by atoms with Crippen molar-refractivity contribution in [3.63, 3.8) is 0 Å². The number of carbonyl (C=O) groups is 1. The van der Waals surface area contributed by atoms with Crippen LogP contribution in [0.5, 0.6) is 0 Å². The number of fused-ring (bicyclic) bond motifs is 1. The molecule has 5 atom stereocenters. The van der Waals surface area contributed by atoms with Crippen LogP contribution in [0.2, 0.25) is 0 Å². The molecular weight excluding hydrogens is 316 g/mol. The zero-order valence-corrected chi connectivity index (χ0v) is 13.6. The maximum absolute atomic E-state index is 11.8. The Morgan fingerprint density at radius 3 is 3.00 bits per heavy atom. The van der Waals surface area contributed by atoms with Gasteiger partial charge < -0.3 is 20.0 Å². The van der Waals surface area contributed by atoms with E-state index in [4.69, 9.17) is 4.74 Å². The molecule has 3 rings (SSSR count). The van der Waals surface area contributed by atoms with Gasteiger partial charge in [0.25, 0.3) is 0 Å². The molecule has 2 fully saturated rings. The fraction of sp³-hybridized carbons (Fsp3) is 0.733. The minimum atomic E-state index is -0.718. The van der Waals surface area contributed by atoms with Crippen LogP contribution in [0.25, 0.3) is 0 Å². The Morgan fingerprint density at radius 1 is 1.50 bits per heavy atom. The highest BCUT2D eigenvalue weighted by Gasteiger charge is 2.52. The van der Waals surface area contributed by atoms with Crippen molar-refractivity contribution in [2.45, 2.75) is 50.9 Å². The third-order valence-corrected chi connectivity index (χ3v) is 4.85. The highest BCUT2D eigenvalue weighted by atomic mass is 16.6. The summed E-state index contributed by atoms with van der Waals surface area (Å²) in [6.45, 7) is 2.78. The predicted molar refractivity (Wildman–Crippen MR) is 83.1 cm³/mol. The number of esters is 1. The summed E-state index contributed by atoms with van der Waals surface area (Å²) in [5.74, 6) is -0.444. The van der Waals surface area contributed by atoms with Crippen molar-refractivity contribution in [1.82, 2.24) is 14.5 Å². The van der Waals surface area contributed by atoms with Crippen molar-refractivity contribution >= 4 is 11.9 Å². The summed E-state index contributed by atoms with van der Waals surface area (Å²) in [4.78, 5) is 28.0. The second-order valence-electron chi connectivity index (χ2n) is 6.38. The maximum atomic E-state index is 11.8. The van der Waals surface area contributed by atoms with E-state index in [1.165, 1.54) is 17.0 Å². The molecular formula is C15H22N4O5. The molecule has 1 N–H and O–H groups in total. The zero-order valence-electron chi connectivity index (χ0n) is 13.6. The number of imidazole rings is 1. The molecule has 1 saturated carbocycles. The van der Waals surface area contributed by atoms with Gasteiger partial charge in [-0.05, 0) is 31.1 Å². The standard InChI is InChI=1S/C15H22N4O5/c1-2-24-14(21)10-3-4-12-13(7-10)18(12)9-11(20)8-17-6-5-16-15(17)19(22)23/h5-6,10-13,20H,2-4,7-9H2,1H3. The topological polar surface area (TPSA) is 111 Å². The van der Waals surface area contributed by atoms with Crippen molar-refractivity contribution < 1.29 is 19.6 Å². The van der Waals surface area contributed by atoms with Gasteiger partial charge in [-0.1, -0.05) is 4.98 Å². The first-order valence-corrected chi connectivity index (χ1v) is 8.27. The van der Waals surface area contributed by atoms with Crippen molar-refractivity contribution in [1.29, 1.82) is 0 Å². The van der Waals surface area contributed by atoms with Crippen LogP contribution in [-0.4, -0.2) is 61.8 Å². The molecule has 0 bridgehead atoms. The predicted octanol–water partition coefficient (Wildman–Crippen LogP) is 0.568. The van der Waals surface area contributed by atoms with Gasteiger partial charge in [0.05, 0.1) is 25.2 Å². The molecule has 132 valence electrons. The van der Waals surface area contributed by atoms with Crippen LogP contribution in [0.4, 0.5) is 5.95 Å². The average molecular weight is 338 g/mol. The number of aromatic nitrogens is 2. The summed E-state index contributed by atoms with van der Waals surface area (Å²) in [6, 6.07) is 0.712. The maximum Gasteiger partial charge on any atom is 0.434 e. The Kier molecular flexibility index (Phi) is 4.81. The number of carbonyl (C=O) groups excluding carboxylic acids is 1. The molecule has 5 unspecified atom stereocenters. The molecule has 0 aromatic carbocycles. The van der Waals surface area contributed by atoms with Gasteiger partial charge in [-0.3, -0.25) is 9.69 Å². The van der Waals surface area contributed by atoms with Gasteiger partial charge >= 0.3 is 11.9 Å². The lowest BCUT2D eigenvalue weighted by Crippen LogP contribution is -2.26. The van der Waals surface area contributed by atoms with E-state index < -0.39 is 11.0 Å². The lowest BCUT2D eigenvalue weighted by Gasteiger charge is -2.17. The lowest BCUT2D eigenvalue weighted by molar-refractivity contribution is -0.397. The van der Waals surface area contributed by atoms with Gasteiger partial charge in [0.2, 0.25) is 0 Å². The van der Waals surface area contributed by atoms with Gasteiger partial charge in [0.1, 0.15) is 12.4 Å². The van der Waals surface area contributed by atoms with E-state index in [0.29, 0.717) is 25.2 Å². The normalized spacial score (nSPS) is 29.6. The SMILES string of the molecule is CCOC(=O)C1CCC2C(C1)N2CC(O)Cn1ccnc1[N+](=O)[O-]. The first-order valence-electron chi connectivity index (χ1n) is 8.27. The number of nitro groups is 1. The molecule has 0 radical (unpaired) electrons. The molecule has 1 saturated heterocycles. The number of rotatable bonds is 7. The summed E-state index contributed by atoms with van der Waals surface area (Å²) in [7, 11) is 0. The summed E-state index contributed by atoms with van der Waals surface area (Å²) in [5.41, 5.74) is 0. The fourth-order valence-electron chi connectivity index (χ4n) is 3.71. The van der Waals surface area contributed by atoms with Crippen molar-refractivity contribution in [3.8, 4) is 0 Å². The molecule has 9 heteroatoms. The summed E-state index contributed by atoms with van der Waals surface area (Å²) < 4.78 is 6.44. The zero-order chi connectivity index (χ0) is 17.3. The average Bonchev–Trinajstić information content (AvgIpc) is 3.00. The molecule has 0 amide bonds. The van der Waals surface area contributed by atoms with E-state index >= 15 is 0 Å². The van der Waals surface area contributed by atoms with Crippen molar-refractivity contribution in [2.24, 2.45) is 5.92 Å². The lowest BCUT2D eigenvalue weighted by atomic mass is 9.89. The quantitative estimate of drug-likeness (QED) is 0.335. The molecule has 24 heavy (non-hydrogen) atoms. The first-order chi connectivity index (χ1) is 11.5. The molecule has 1 aliphatic heterocycles. The van der Waals surface area contributed by atoms with E-state index in [-0.39, 0.29) is 24.4 Å². The summed E-state index contributed by atoms with van der Waals surface area (Å²) >= 11 is 0. The Labute approximate surface area is 139 Å². The number of β-amino-alcohol motifs (C(OH)–C–C–N with tert-alkyl or cyclic N) is 1. The van der Waals surface area contributed by atoms with E-state index in [0.717, 1.165) is 19.3 Å². The number of ether oxygens (including phenoxy) is 1. The van der Waals surface area contributed by atoms with Gasteiger partial charge in [-0.25, -0.2) is 4.57 Å². The van der Waals surface area contributed by atoms with Crippen molar-refractivity contribution in [2.75, 3.05) is 13.2 Å². The molecule has 1 aromatic heterocycles. The minimum absolute atomic E-state index is 0.0527. The largest absolute Gasteiger partial charge is 0.466 e. The molecule has 9 nitrogen and oxygen atoms in total. The van der Waals surface area contributed by atoms with Gasteiger partial charge in [0, 0.05) is 18.6 Å². The highest BCUT2D eigenvalue weighted by molar-refractivity contribution is 5.72. The number of aliphatic hydroxyl groups is 1. The second-order valence-corrected chi connectivity index (χ2v) is 6.38. The molecule has 1 aromatic rings. The molecule has 1 aliphatic carbocycles. The van der Waals surface area contributed by atoms with Crippen LogP contribution in [0, 0.1) is 16.0 Å². The fourth-order valence-corrected chi connectivity index (χ4v) is 3.71. The Morgan fingerprint density at radius 2 is 2.29 bits per heavy atom. The first kappa shape index (κ1) is 16.8. The highest BCUT2D eigenvalue weighted by Crippen LogP contribution is 2.43. The number of hydrogen-bond acceptors (Lipinski definition) is 7. The Hall–Kier alpha value is -2.00. The number of aliphatic hydroxyl groups excluding tert-OH is 1. The van der Waals surface area contributed by atoms with Gasteiger partial charge in [-0.15, -0.1) is 0 Å². The van der Waals surface area contributed by atoms with E-state index in [9.17, 15) is 20.0 Å². The van der Waals surface area contributed by atoms with Gasteiger partial charge in [-0.2, -0.15) is 0 Å². The Bertz CT molecular complexity index is 619. The Balaban J connectivity index is 1.50. The van der Waals surface area contributed by atoms with Crippen molar-refractivity contribution in [3.05, 3.63) is 22.5 Å². The van der Waals surface area contributed by atoms with Crippen LogP contribution < -0.4 is 0 Å². The van der Waals surface area contributed by atoms with Crippen LogP contribution in [-0.2, 0) is 16.1 Å². The van der Waals surface area contributed by atoms with E-state index in [1.807, 2.05) is 0 Å². The van der Waals surface area contributed by atoms with Crippen LogP contribution in [0.1, 0.15) is 26.2 Å². The molecule has 2 heterocycles. The van der Waals surface area contributed by atoms with E-state index in [1.54, 1.807) is 6.92 Å². The summed E-state index contributed by atoms with van der Waals surface area (Å²) in [5, 5.41) is 21.1. The number of likely N-dealkylation sites (tertiary alicyclic amines) is 1. The smallest absolute Gasteiger partial charge is 0.434 e. The van der Waals surface area contributed by atoms with Crippen LogP contribution in [0.15, 0.2) is 12.4 Å². The second kappa shape index (κ2) is 6.86. The van der Waals surface area contributed by atoms with Gasteiger partial charge in [0.15, 0.2) is 0 Å².